The van der Waals surface area contributed by atoms with Crippen LogP contribution in [0.4, 0.5) is 4.79 Å². The van der Waals surface area contributed by atoms with E-state index in [1.54, 1.807) is 33.2 Å². The van der Waals surface area contributed by atoms with Crippen LogP contribution in [0.2, 0.25) is 0 Å². The minimum absolute atomic E-state index is 0.229. The van der Waals surface area contributed by atoms with Crippen LogP contribution in [-0.4, -0.2) is 40.7 Å². The van der Waals surface area contributed by atoms with Crippen molar-refractivity contribution in [3.8, 4) is 0 Å². The third kappa shape index (κ3) is 3.55. The first-order chi connectivity index (χ1) is 10.3. The Morgan fingerprint density at radius 1 is 1.32 bits per heavy atom. The molecule has 2 rings (SSSR count). The van der Waals surface area contributed by atoms with Crippen LogP contribution in [0.5, 0.6) is 0 Å². The van der Waals surface area contributed by atoms with Crippen molar-refractivity contribution >= 4 is 12.1 Å². The summed E-state index contributed by atoms with van der Waals surface area (Å²) in [5.41, 5.74) is 0.264. The topological polar surface area (TPSA) is 68.7 Å². The summed E-state index contributed by atoms with van der Waals surface area (Å²) in [6.07, 6.45) is 4.10. The fraction of sp³-hybridized carbons (Fsp3) is 0.562. The molecule has 1 amide bonds. The van der Waals surface area contributed by atoms with Crippen LogP contribution in [0, 0.1) is 0 Å². The summed E-state index contributed by atoms with van der Waals surface area (Å²) in [6, 6.07) is 2.86. The van der Waals surface area contributed by atoms with Gasteiger partial charge in [0.15, 0.2) is 0 Å². The molecule has 0 radical (unpaired) electrons. The predicted octanol–water partition coefficient (Wildman–Crippen LogP) is 2.70. The summed E-state index contributed by atoms with van der Waals surface area (Å²) in [7, 11) is 1.33. The van der Waals surface area contributed by atoms with Crippen LogP contribution in [0.3, 0.4) is 0 Å². The van der Waals surface area contributed by atoms with Crippen molar-refractivity contribution in [2.75, 3.05) is 7.11 Å². The summed E-state index contributed by atoms with van der Waals surface area (Å²) in [6.45, 7) is 5.40. The molecule has 1 aliphatic rings. The van der Waals surface area contributed by atoms with Gasteiger partial charge in [-0.05, 0) is 45.2 Å². The summed E-state index contributed by atoms with van der Waals surface area (Å²) in [5.74, 6) is -0.419. The van der Waals surface area contributed by atoms with Crippen LogP contribution in [0.25, 0.3) is 0 Å². The van der Waals surface area contributed by atoms with E-state index >= 15 is 0 Å². The van der Waals surface area contributed by atoms with Gasteiger partial charge in [0.1, 0.15) is 11.6 Å². The Kier molecular flexibility index (Phi) is 4.68. The lowest BCUT2D eigenvalue weighted by molar-refractivity contribution is -0.146. The van der Waals surface area contributed by atoms with E-state index < -0.39 is 23.7 Å². The molecule has 0 bridgehead atoms. The highest BCUT2D eigenvalue weighted by atomic mass is 16.6. The van der Waals surface area contributed by atoms with E-state index in [4.69, 9.17) is 9.47 Å². The molecule has 1 aliphatic heterocycles. The largest absolute Gasteiger partial charge is 0.467 e. The molecule has 6 nitrogen and oxygen atoms in total. The quantitative estimate of drug-likeness (QED) is 0.786. The summed E-state index contributed by atoms with van der Waals surface area (Å²) >= 11 is 0. The minimum atomic E-state index is -0.625. The molecule has 2 atom stereocenters. The van der Waals surface area contributed by atoms with Crippen molar-refractivity contribution < 1.29 is 19.1 Å². The molecular weight excluding hydrogens is 284 g/mol. The summed E-state index contributed by atoms with van der Waals surface area (Å²) in [5, 5.41) is 0. The summed E-state index contributed by atoms with van der Waals surface area (Å²) < 4.78 is 10.3. The molecule has 0 aromatic carbocycles. The van der Waals surface area contributed by atoms with Gasteiger partial charge < -0.3 is 9.47 Å². The van der Waals surface area contributed by atoms with E-state index in [2.05, 4.69) is 4.98 Å². The number of amides is 1. The average molecular weight is 306 g/mol. The number of hydrogen-bond donors (Lipinski definition) is 0. The average Bonchev–Trinajstić information content (AvgIpc) is 2.90. The Labute approximate surface area is 130 Å². The fourth-order valence-corrected chi connectivity index (χ4v) is 2.65. The number of nitrogens with zero attached hydrogens (tertiary/aromatic N) is 2. The highest BCUT2D eigenvalue weighted by molar-refractivity contribution is 5.82. The molecule has 1 aromatic heterocycles. The summed E-state index contributed by atoms with van der Waals surface area (Å²) in [4.78, 5) is 30.1. The molecule has 0 aliphatic carbocycles. The Balaban J connectivity index is 2.30. The zero-order valence-corrected chi connectivity index (χ0v) is 13.4. The number of carbonyl (C=O) groups is 2. The van der Waals surface area contributed by atoms with Gasteiger partial charge in [-0.3, -0.25) is 9.88 Å². The van der Waals surface area contributed by atoms with E-state index in [-0.39, 0.29) is 6.04 Å². The number of rotatable bonds is 2. The lowest BCUT2D eigenvalue weighted by Gasteiger charge is -2.31. The molecular formula is C16H22N2O4. The van der Waals surface area contributed by atoms with Crippen molar-refractivity contribution in [3.63, 3.8) is 0 Å². The first kappa shape index (κ1) is 16.3. The van der Waals surface area contributed by atoms with E-state index in [0.717, 1.165) is 5.56 Å². The number of methoxy groups -OCH3 is 1. The lowest BCUT2D eigenvalue weighted by Crippen LogP contribution is -2.44. The number of hydrogen-bond acceptors (Lipinski definition) is 5. The van der Waals surface area contributed by atoms with Gasteiger partial charge in [-0.2, -0.15) is 0 Å². The van der Waals surface area contributed by atoms with E-state index in [1.165, 1.54) is 12.0 Å². The van der Waals surface area contributed by atoms with Crippen molar-refractivity contribution in [1.82, 2.24) is 9.88 Å². The second kappa shape index (κ2) is 6.34. The van der Waals surface area contributed by atoms with Gasteiger partial charge in [-0.25, -0.2) is 9.59 Å². The molecule has 1 aromatic rings. The Morgan fingerprint density at radius 2 is 2.05 bits per heavy atom. The van der Waals surface area contributed by atoms with Gasteiger partial charge in [0.05, 0.1) is 13.2 Å². The van der Waals surface area contributed by atoms with Gasteiger partial charge in [-0.1, -0.05) is 6.07 Å². The van der Waals surface area contributed by atoms with Gasteiger partial charge in [0, 0.05) is 12.4 Å². The van der Waals surface area contributed by atoms with Gasteiger partial charge in [0.2, 0.25) is 0 Å². The predicted molar refractivity (Wildman–Crippen MR) is 80.1 cm³/mol. The molecule has 6 heteroatoms. The maximum absolute atomic E-state index is 12.6. The molecule has 22 heavy (non-hydrogen) atoms. The van der Waals surface area contributed by atoms with Crippen LogP contribution < -0.4 is 0 Å². The fourth-order valence-electron chi connectivity index (χ4n) is 2.65. The van der Waals surface area contributed by atoms with Gasteiger partial charge in [-0.15, -0.1) is 0 Å². The maximum atomic E-state index is 12.6. The normalized spacial score (nSPS) is 21.5. The second-order valence-electron chi connectivity index (χ2n) is 6.31. The Morgan fingerprint density at radius 3 is 2.59 bits per heavy atom. The zero-order chi connectivity index (χ0) is 16.3. The Bertz CT molecular complexity index is 539. The zero-order valence-electron chi connectivity index (χ0n) is 13.4. The van der Waals surface area contributed by atoms with E-state index in [9.17, 15) is 9.59 Å². The van der Waals surface area contributed by atoms with Crippen molar-refractivity contribution in [1.29, 1.82) is 0 Å². The lowest BCUT2D eigenvalue weighted by atomic mass is 10.1. The van der Waals surface area contributed by atoms with Gasteiger partial charge in [0.25, 0.3) is 0 Å². The van der Waals surface area contributed by atoms with Crippen LogP contribution in [0.15, 0.2) is 24.5 Å². The first-order valence-electron chi connectivity index (χ1n) is 7.32. The molecule has 2 heterocycles. The number of ether oxygens (including phenoxy) is 2. The standard InChI is InChI=1S/C16H22N2O4/c1-16(2,3)22-15(20)18-12(11-6-5-9-17-10-11)7-8-13(18)14(19)21-4/h5-6,9-10,12-13H,7-8H2,1-4H3/t12-,13+/m1/s1. The van der Waals surface area contributed by atoms with Crippen molar-refractivity contribution in [3.05, 3.63) is 30.1 Å². The smallest absolute Gasteiger partial charge is 0.411 e. The molecule has 0 saturated carbocycles. The Hall–Kier alpha value is -2.11. The molecule has 120 valence electrons. The third-order valence-electron chi connectivity index (χ3n) is 3.53. The number of esters is 1. The number of likely N-dealkylation sites (tertiary alicyclic amines) is 1. The SMILES string of the molecule is COC(=O)[C@@H]1CC[C@H](c2cccnc2)N1C(=O)OC(C)(C)C. The third-order valence-corrected chi connectivity index (χ3v) is 3.53. The monoisotopic (exact) mass is 306 g/mol. The van der Waals surface area contributed by atoms with Gasteiger partial charge >= 0.3 is 12.1 Å². The number of aromatic nitrogens is 1. The molecule has 1 fully saturated rings. The first-order valence-corrected chi connectivity index (χ1v) is 7.32. The second-order valence-corrected chi connectivity index (χ2v) is 6.31. The number of carbonyl (C=O) groups excluding carboxylic acids is 2. The van der Waals surface area contributed by atoms with Crippen LogP contribution in [-0.2, 0) is 14.3 Å². The van der Waals surface area contributed by atoms with Crippen LogP contribution >= 0.6 is 0 Å². The highest BCUT2D eigenvalue weighted by Crippen LogP contribution is 2.37. The molecule has 0 spiro atoms. The maximum Gasteiger partial charge on any atom is 0.411 e. The van der Waals surface area contributed by atoms with E-state index in [0.29, 0.717) is 12.8 Å². The molecule has 0 N–H and O–H groups in total. The van der Waals surface area contributed by atoms with Crippen molar-refractivity contribution in [2.45, 2.75) is 51.3 Å². The van der Waals surface area contributed by atoms with E-state index in [1.807, 2.05) is 12.1 Å². The minimum Gasteiger partial charge on any atom is -0.467 e. The van der Waals surface area contributed by atoms with Crippen molar-refractivity contribution in [2.24, 2.45) is 0 Å². The molecule has 0 unspecified atom stereocenters. The number of pyridine rings is 1. The van der Waals surface area contributed by atoms with Crippen LogP contribution in [0.1, 0.15) is 45.2 Å². The molecule has 1 saturated heterocycles. The highest BCUT2D eigenvalue weighted by Gasteiger charge is 2.44.